The summed E-state index contributed by atoms with van der Waals surface area (Å²) in [5.41, 5.74) is 0.0326. The molecule has 0 fully saturated rings. The first kappa shape index (κ1) is 8.73. The maximum atomic E-state index is 10.5. The molecule has 1 aliphatic rings. The molecule has 0 bridgehead atoms. The van der Waals surface area contributed by atoms with Crippen LogP contribution in [0, 0.1) is 0 Å². The van der Waals surface area contributed by atoms with Gasteiger partial charge in [0.1, 0.15) is 11.8 Å². The number of aliphatic hydroxyl groups excluding tert-OH is 1. The molecule has 0 aromatic carbocycles. The lowest BCUT2D eigenvalue weighted by Gasteiger charge is -2.10. The van der Waals surface area contributed by atoms with Gasteiger partial charge in [-0.2, -0.15) is 0 Å². The van der Waals surface area contributed by atoms with E-state index in [1.54, 1.807) is 0 Å². The zero-order valence-corrected chi connectivity index (χ0v) is 6.47. The van der Waals surface area contributed by atoms with Crippen molar-refractivity contribution < 1.29 is 19.8 Å². The molecule has 0 saturated carbocycles. The van der Waals surface area contributed by atoms with Crippen LogP contribution in [0.2, 0.25) is 0 Å². The molecule has 66 valence electrons. The molecule has 1 aliphatic carbocycles. The molecule has 12 heavy (non-hydrogen) atoms. The number of oxime groups is 1. The number of hydrogen-bond acceptors (Lipinski definition) is 5. The predicted molar refractivity (Wildman–Crippen MR) is 39.9 cm³/mol. The van der Waals surface area contributed by atoms with Crippen molar-refractivity contribution in [1.82, 2.24) is 0 Å². The Kier molecular flexibility index (Phi) is 2.44. The van der Waals surface area contributed by atoms with Crippen molar-refractivity contribution in [3.8, 4) is 0 Å². The van der Waals surface area contributed by atoms with Gasteiger partial charge in [0.25, 0.3) is 0 Å². The van der Waals surface area contributed by atoms with Crippen molar-refractivity contribution in [2.45, 2.75) is 19.1 Å². The largest absolute Gasteiger partial charge is 0.452 e. The molecule has 2 unspecified atom stereocenters. The van der Waals surface area contributed by atoms with Gasteiger partial charge in [-0.1, -0.05) is 11.2 Å². The minimum absolute atomic E-state index is 0.0326. The molecule has 0 aliphatic heterocycles. The zero-order chi connectivity index (χ0) is 9.14. The molecule has 2 N–H and O–H groups in total. The molecule has 0 heterocycles. The van der Waals surface area contributed by atoms with Crippen molar-refractivity contribution in [3.05, 3.63) is 12.2 Å². The molecule has 0 aromatic heterocycles. The predicted octanol–water partition coefficient (Wildman–Crippen LogP) is -0.321. The van der Waals surface area contributed by atoms with E-state index in [1.807, 2.05) is 0 Å². The lowest BCUT2D eigenvalue weighted by molar-refractivity contribution is -0.141. The van der Waals surface area contributed by atoms with Gasteiger partial charge >= 0.3 is 5.97 Å². The van der Waals surface area contributed by atoms with Gasteiger partial charge in [-0.3, -0.25) is 4.79 Å². The monoisotopic (exact) mass is 171 g/mol. The molecule has 0 spiro atoms. The van der Waals surface area contributed by atoms with Crippen LogP contribution in [0.4, 0.5) is 0 Å². The lowest BCUT2D eigenvalue weighted by atomic mass is 10.2. The van der Waals surface area contributed by atoms with Crippen LogP contribution in [0.1, 0.15) is 6.92 Å². The smallest absolute Gasteiger partial charge is 0.303 e. The summed E-state index contributed by atoms with van der Waals surface area (Å²) >= 11 is 0. The molecule has 1 rings (SSSR count). The van der Waals surface area contributed by atoms with E-state index in [0.29, 0.717) is 0 Å². The molecular weight excluding hydrogens is 162 g/mol. The van der Waals surface area contributed by atoms with Crippen molar-refractivity contribution in [2.75, 3.05) is 0 Å². The Bertz CT molecular complexity index is 246. The highest BCUT2D eigenvalue weighted by atomic mass is 16.5. The normalized spacial score (nSPS) is 31.0. The maximum Gasteiger partial charge on any atom is 0.303 e. The van der Waals surface area contributed by atoms with Crippen LogP contribution >= 0.6 is 0 Å². The molecular formula is C7H9NO4. The van der Waals surface area contributed by atoms with E-state index >= 15 is 0 Å². The van der Waals surface area contributed by atoms with Crippen LogP contribution in [-0.4, -0.2) is 34.2 Å². The fourth-order valence-electron chi connectivity index (χ4n) is 0.966. The lowest BCUT2D eigenvalue weighted by Crippen LogP contribution is -2.27. The Morgan fingerprint density at radius 1 is 1.67 bits per heavy atom. The first-order valence-corrected chi connectivity index (χ1v) is 3.40. The molecule has 0 amide bonds. The van der Waals surface area contributed by atoms with E-state index < -0.39 is 18.2 Å². The number of esters is 1. The maximum absolute atomic E-state index is 10.5. The van der Waals surface area contributed by atoms with Gasteiger partial charge in [0.2, 0.25) is 0 Å². The molecule has 5 heteroatoms. The third-order valence-electron chi connectivity index (χ3n) is 1.47. The second-order valence-electron chi connectivity index (χ2n) is 2.38. The Labute approximate surface area is 68.9 Å². The van der Waals surface area contributed by atoms with Gasteiger partial charge in [0.15, 0.2) is 6.10 Å². The van der Waals surface area contributed by atoms with Crippen molar-refractivity contribution in [3.63, 3.8) is 0 Å². The van der Waals surface area contributed by atoms with E-state index in [-0.39, 0.29) is 5.71 Å². The van der Waals surface area contributed by atoms with E-state index in [2.05, 4.69) is 5.16 Å². The van der Waals surface area contributed by atoms with E-state index in [0.717, 1.165) is 0 Å². The highest BCUT2D eigenvalue weighted by Gasteiger charge is 2.28. The van der Waals surface area contributed by atoms with Gasteiger partial charge in [0, 0.05) is 6.92 Å². The summed E-state index contributed by atoms with van der Waals surface area (Å²) < 4.78 is 4.71. The first-order chi connectivity index (χ1) is 5.65. The summed E-state index contributed by atoms with van der Waals surface area (Å²) in [6.45, 7) is 1.24. The quantitative estimate of drug-likeness (QED) is 0.245. The summed E-state index contributed by atoms with van der Waals surface area (Å²) in [5.74, 6) is -0.486. The van der Waals surface area contributed by atoms with E-state index in [4.69, 9.17) is 15.1 Å². The van der Waals surface area contributed by atoms with Crippen LogP contribution < -0.4 is 0 Å². The second-order valence-corrected chi connectivity index (χ2v) is 2.38. The number of nitrogens with zero attached hydrogens (tertiary/aromatic N) is 1. The molecule has 0 aromatic rings. The molecule has 0 saturated heterocycles. The first-order valence-electron chi connectivity index (χ1n) is 3.40. The number of rotatable bonds is 1. The fourth-order valence-corrected chi connectivity index (χ4v) is 0.966. The highest BCUT2D eigenvalue weighted by Crippen LogP contribution is 2.11. The number of hydrogen-bond donors (Lipinski definition) is 2. The standard InChI is InChI=1S/C7H9NO4/c1-4(9)12-6-3-2-5(10)7(6)8-11/h2-3,5-6,10-11H,1H3/b8-7-. The molecule has 2 atom stereocenters. The summed E-state index contributed by atoms with van der Waals surface area (Å²) in [6, 6.07) is 0. The Hall–Kier alpha value is -1.36. The van der Waals surface area contributed by atoms with E-state index in [9.17, 15) is 4.79 Å². The van der Waals surface area contributed by atoms with Gasteiger partial charge < -0.3 is 15.1 Å². The van der Waals surface area contributed by atoms with Crippen LogP contribution in [0.3, 0.4) is 0 Å². The van der Waals surface area contributed by atoms with Gasteiger partial charge in [-0.15, -0.1) is 0 Å². The van der Waals surface area contributed by atoms with Crippen LogP contribution in [0.15, 0.2) is 17.3 Å². The summed E-state index contributed by atoms with van der Waals surface area (Å²) in [7, 11) is 0. The second kappa shape index (κ2) is 3.36. The summed E-state index contributed by atoms with van der Waals surface area (Å²) in [6.07, 6.45) is 1.16. The Morgan fingerprint density at radius 2 is 2.33 bits per heavy atom. The van der Waals surface area contributed by atoms with Crippen LogP contribution in [0.5, 0.6) is 0 Å². The number of carbonyl (C=O) groups excluding carboxylic acids is 1. The fraction of sp³-hybridized carbons (Fsp3) is 0.429. The topological polar surface area (TPSA) is 79.1 Å². The summed E-state index contributed by atoms with van der Waals surface area (Å²) in [4.78, 5) is 10.5. The minimum atomic E-state index is -0.959. The summed E-state index contributed by atoms with van der Waals surface area (Å²) in [5, 5.41) is 20.3. The van der Waals surface area contributed by atoms with Gasteiger partial charge in [0.05, 0.1) is 0 Å². The number of ether oxygens (including phenoxy) is 1. The minimum Gasteiger partial charge on any atom is -0.452 e. The van der Waals surface area contributed by atoms with Crippen molar-refractivity contribution in [2.24, 2.45) is 5.16 Å². The van der Waals surface area contributed by atoms with E-state index in [1.165, 1.54) is 19.1 Å². The highest BCUT2D eigenvalue weighted by molar-refractivity contribution is 5.98. The van der Waals surface area contributed by atoms with Crippen LogP contribution in [-0.2, 0) is 9.53 Å². The van der Waals surface area contributed by atoms with Crippen LogP contribution in [0.25, 0.3) is 0 Å². The third-order valence-corrected chi connectivity index (χ3v) is 1.47. The zero-order valence-electron chi connectivity index (χ0n) is 6.47. The molecule has 5 nitrogen and oxygen atoms in total. The Morgan fingerprint density at radius 3 is 2.83 bits per heavy atom. The molecule has 0 radical (unpaired) electrons. The van der Waals surface area contributed by atoms with Crippen molar-refractivity contribution in [1.29, 1.82) is 0 Å². The Balaban J connectivity index is 2.67. The SMILES string of the molecule is CC(=O)OC1C=CC(O)/C1=N/O. The third kappa shape index (κ3) is 1.62. The van der Waals surface area contributed by atoms with Gasteiger partial charge in [-0.25, -0.2) is 0 Å². The van der Waals surface area contributed by atoms with Crippen molar-refractivity contribution >= 4 is 11.7 Å². The average molecular weight is 171 g/mol. The number of aliphatic hydroxyl groups is 1. The van der Waals surface area contributed by atoms with Gasteiger partial charge in [-0.05, 0) is 6.08 Å². The average Bonchev–Trinajstić information content (AvgIpc) is 2.30. The number of carbonyl (C=O) groups is 1.